The van der Waals surface area contributed by atoms with Crippen LogP contribution in [0.5, 0.6) is 0 Å². The zero-order valence-electron chi connectivity index (χ0n) is 7.21. The summed E-state index contributed by atoms with van der Waals surface area (Å²) in [6.45, 7) is -0.0254. The van der Waals surface area contributed by atoms with Crippen molar-refractivity contribution in [2.24, 2.45) is 0 Å². The first kappa shape index (κ1) is 10.9. The van der Waals surface area contributed by atoms with E-state index in [1.165, 1.54) is 12.3 Å². The zero-order valence-corrected chi connectivity index (χ0v) is 8.80. The lowest BCUT2D eigenvalue weighted by molar-refractivity contribution is 0.0943. The average molecular weight is 261 g/mol. The van der Waals surface area contributed by atoms with Gasteiger partial charge in [0.25, 0.3) is 11.5 Å². The Bertz CT molecular complexity index is 388. The smallest absolute Gasteiger partial charge is 0.260 e. The number of halogens is 1. The molecule has 0 saturated heterocycles. The van der Waals surface area contributed by atoms with Crippen molar-refractivity contribution < 1.29 is 9.90 Å². The fourth-order valence-electron chi connectivity index (χ4n) is 0.891. The summed E-state index contributed by atoms with van der Waals surface area (Å²) >= 11 is 3.13. The van der Waals surface area contributed by atoms with Gasteiger partial charge in [-0.2, -0.15) is 0 Å². The third kappa shape index (κ3) is 2.68. The quantitative estimate of drug-likeness (QED) is 0.708. The number of rotatable bonds is 3. The van der Waals surface area contributed by atoms with Crippen molar-refractivity contribution in [2.75, 3.05) is 13.2 Å². The maximum absolute atomic E-state index is 11.3. The van der Waals surface area contributed by atoms with E-state index in [2.05, 4.69) is 26.2 Å². The van der Waals surface area contributed by atoms with E-state index in [-0.39, 0.29) is 18.7 Å². The summed E-state index contributed by atoms with van der Waals surface area (Å²) in [5.41, 5.74) is -0.434. The Labute approximate surface area is 88.3 Å². The molecule has 0 radical (unpaired) electrons. The number of H-pyrrole nitrogens is 1. The van der Waals surface area contributed by atoms with Gasteiger partial charge in [0, 0.05) is 17.2 Å². The van der Waals surface area contributed by atoms with Crippen LogP contribution in [0.15, 0.2) is 21.5 Å². The van der Waals surface area contributed by atoms with Crippen LogP contribution in [0.1, 0.15) is 10.4 Å². The van der Waals surface area contributed by atoms with E-state index < -0.39 is 11.5 Å². The van der Waals surface area contributed by atoms with Gasteiger partial charge in [0.1, 0.15) is 5.56 Å². The van der Waals surface area contributed by atoms with Crippen molar-refractivity contribution in [1.29, 1.82) is 0 Å². The molecule has 0 aromatic carbocycles. The van der Waals surface area contributed by atoms with Gasteiger partial charge in [-0.1, -0.05) is 0 Å². The molecule has 1 aromatic heterocycles. The van der Waals surface area contributed by atoms with Gasteiger partial charge < -0.3 is 15.4 Å². The average Bonchev–Trinajstić information content (AvgIpc) is 2.18. The molecule has 0 unspecified atom stereocenters. The highest BCUT2D eigenvalue weighted by Gasteiger charge is 2.09. The number of carbonyl (C=O) groups excluding carboxylic acids is 1. The highest BCUT2D eigenvalue weighted by molar-refractivity contribution is 9.10. The van der Waals surface area contributed by atoms with Crippen molar-refractivity contribution in [3.05, 3.63) is 32.7 Å². The molecular weight excluding hydrogens is 252 g/mol. The van der Waals surface area contributed by atoms with Gasteiger partial charge in [0.15, 0.2) is 0 Å². The summed E-state index contributed by atoms with van der Waals surface area (Å²) in [4.78, 5) is 24.9. The van der Waals surface area contributed by atoms with E-state index in [1.54, 1.807) is 0 Å². The van der Waals surface area contributed by atoms with Gasteiger partial charge in [0.05, 0.1) is 6.61 Å². The van der Waals surface area contributed by atoms with Gasteiger partial charge in [-0.25, -0.2) is 0 Å². The number of aromatic amines is 1. The van der Waals surface area contributed by atoms with Crippen LogP contribution in [0.3, 0.4) is 0 Å². The van der Waals surface area contributed by atoms with Crippen molar-refractivity contribution in [2.45, 2.75) is 0 Å². The van der Waals surface area contributed by atoms with Crippen molar-refractivity contribution in [1.82, 2.24) is 10.3 Å². The second-order valence-corrected chi connectivity index (χ2v) is 3.46. The molecule has 0 saturated carbocycles. The number of hydrogen-bond acceptors (Lipinski definition) is 3. The fourth-order valence-corrected chi connectivity index (χ4v) is 1.23. The highest BCUT2D eigenvalue weighted by Crippen LogP contribution is 2.06. The summed E-state index contributed by atoms with van der Waals surface area (Å²) < 4.78 is 0.617. The Hall–Kier alpha value is -1.14. The number of pyridine rings is 1. The number of amides is 1. The van der Waals surface area contributed by atoms with Crippen LogP contribution in [0.2, 0.25) is 0 Å². The third-order valence-electron chi connectivity index (χ3n) is 1.51. The van der Waals surface area contributed by atoms with Gasteiger partial charge >= 0.3 is 0 Å². The monoisotopic (exact) mass is 260 g/mol. The lowest BCUT2D eigenvalue weighted by Gasteiger charge is -2.01. The first-order valence-corrected chi connectivity index (χ1v) is 4.71. The van der Waals surface area contributed by atoms with Crippen LogP contribution in [0.25, 0.3) is 0 Å². The molecule has 0 aliphatic rings. The number of carbonyl (C=O) groups is 1. The first-order chi connectivity index (χ1) is 6.65. The van der Waals surface area contributed by atoms with E-state index in [9.17, 15) is 9.59 Å². The molecule has 3 N–H and O–H groups in total. The molecule has 1 aromatic rings. The van der Waals surface area contributed by atoms with Gasteiger partial charge in [0.2, 0.25) is 0 Å². The minimum absolute atomic E-state index is 0.0211. The number of aliphatic hydroxyl groups excluding tert-OH is 1. The Morgan fingerprint density at radius 3 is 3.00 bits per heavy atom. The molecule has 14 heavy (non-hydrogen) atoms. The predicted octanol–water partition coefficient (Wildman–Crippen LogP) is -0.141. The summed E-state index contributed by atoms with van der Waals surface area (Å²) in [7, 11) is 0. The Balaban J connectivity index is 2.89. The Kier molecular flexibility index (Phi) is 3.84. The molecule has 1 heterocycles. The van der Waals surface area contributed by atoms with Gasteiger partial charge in [-0.05, 0) is 22.0 Å². The van der Waals surface area contributed by atoms with E-state index in [0.29, 0.717) is 4.47 Å². The molecule has 0 spiro atoms. The minimum atomic E-state index is -0.499. The fraction of sp³-hybridized carbons (Fsp3) is 0.250. The van der Waals surface area contributed by atoms with Crippen LogP contribution in [0, 0.1) is 0 Å². The molecule has 1 amide bonds. The molecule has 1 rings (SSSR count). The Morgan fingerprint density at radius 1 is 1.64 bits per heavy atom. The standard InChI is InChI=1S/C8H9BrN2O3/c9-5-3-6(8(14)11-4-5)7(13)10-1-2-12/h3-4,12H,1-2H2,(H,10,13)(H,11,14). The summed E-state index contributed by atoms with van der Waals surface area (Å²) in [6, 6.07) is 1.42. The number of nitrogens with one attached hydrogen (secondary N) is 2. The SMILES string of the molecule is O=C(NCCO)c1cc(Br)c[nH]c1=O. The van der Waals surface area contributed by atoms with Crippen LogP contribution in [0.4, 0.5) is 0 Å². The van der Waals surface area contributed by atoms with Crippen LogP contribution in [-0.4, -0.2) is 29.1 Å². The number of aliphatic hydroxyl groups is 1. The van der Waals surface area contributed by atoms with Gasteiger partial charge in [-0.15, -0.1) is 0 Å². The van der Waals surface area contributed by atoms with Crippen LogP contribution >= 0.6 is 15.9 Å². The minimum Gasteiger partial charge on any atom is -0.395 e. The van der Waals surface area contributed by atoms with E-state index >= 15 is 0 Å². The van der Waals surface area contributed by atoms with Crippen molar-refractivity contribution in [3.63, 3.8) is 0 Å². The molecular formula is C8H9BrN2O3. The van der Waals surface area contributed by atoms with E-state index in [4.69, 9.17) is 5.11 Å². The Morgan fingerprint density at radius 2 is 2.36 bits per heavy atom. The van der Waals surface area contributed by atoms with E-state index in [1.807, 2.05) is 0 Å². The highest BCUT2D eigenvalue weighted by atomic mass is 79.9. The topological polar surface area (TPSA) is 82.2 Å². The third-order valence-corrected chi connectivity index (χ3v) is 1.97. The van der Waals surface area contributed by atoms with Crippen LogP contribution in [-0.2, 0) is 0 Å². The molecule has 6 heteroatoms. The molecule has 0 aliphatic carbocycles. The predicted molar refractivity (Wildman–Crippen MR) is 54.2 cm³/mol. The first-order valence-electron chi connectivity index (χ1n) is 3.92. The largest absolute Gasteiger partial charge is 0.395 e. The summed E-state index contributed by atoms with van der Waals surface area (Å²) in [5, 5.41) is 10.9. The molecule has 0 fully saturated rings. The zero-order chi connectivity index (χ0) is 10.6. The normalized spacial score (nSPS) is 9.86. The number of hydrogen-bond donors (Lipinski definition) is 3. The summed E-state index contributed by atoms with van der Waals surface area (Å²) in [6.07, 6.45) is 1.45. The number of aromatic nitrogens is 1. The van der Waals surface area contributed by atoms with Crippen LogP contribution < -0.4 is 10.9 Å². The second kappa shape index (κ2) is 4.92. The molecule has 0 atom stereocenters. The lowest BCUT2D eigenvalue weighted by atomic mass is 10.2. The van der Waals surface area contributed by atoms with Crippen molar-refractivity contribution >= 4 is 21.8 Å². The van der Waals surface area contributed by atoms with Gasteiger partial charge in [-0.3, -0.25) is 9.59 Å². The maximum atomic E-state index is 11.3. The maximum Gasteiger partial charge on any atom is 0.260 e. The summed E-state index contributed by atoms with van der Waals surface area (Å²) in [5.74, 6) is -0.499. The molecule has 0 aliphatic heterocycles. The molecule has 0 bridgehead atoms. The second-order valence-electron chi connectivity index (χ2n) is 2.54. The lowest BCUT2D eigenvalue weighted by Crippen LogP contribution is -2.31. The van der Waals surface area contributed by atoms with E-state index in [0.717, 1.165) is 0 Å². The van der Waals surface area contributed by atoms with Crippen molar-refractivity contribution in [3.8, 4) is 0 Å². The molecule has 5 nitrogen and oxygen atoms in total. The molecule has 76 valence electrons.